The number of carbonyl (C=O) groups excluding carboxylic acids is 2. The van der Waals surface area contributed by atoms with Crippen LogP contribution >= 0.6 is 22.9 Å². The van der Waals surface area contributed by atoms with Gasteiger partial charge in [0.1, 0.15) is 28.5 Å². The van der Waals surface area contributed by atoms with Gasteiger partial charge in [0.25, 0.3) is 11.5 Å². The van der Waals surface area contributed by atoms with Crippen LogP contribution in [-0.2, 0) is 33.5 Å². The van der Waals surface area contributed by atoms with Gasteiger partial charge in [0.05, 0.1) is 5.69 Å². The lowest BCUT2D eigenvalue weighted by molar-refractivity contribution is -0.142. The van der Waals surface area contributed by atoms with Crippen molar-refractivity contribution < 1.29 is 18.0 Å². The predicted molar refractivity (Wildman–Crippen MR) is 159 cm³/mol. The molecule has 10 nitrogen and oxygen atoms in total. The van der Waals surface area contributed by atoms with Crippen molar-refractivity contribution in [3.63, 3.8) is 0 Å². The van der Waals surface area contributed by atoms with E-state index in [4.69, 9.17) is 11.6 Å². The Morgan fingerprint density at radius 1 is 1.15 bits per heavy atom. The number of rotatable bonds is 8. The van der Waals surface area contributed by atoms with Gasteiger partial charge in [0.15, 0.2) is 9.84 Å². The van der Waals surface area contributed by atoms with Crippen LogP contribution < -0.4 is 10.9 Å². The average molecular weight is 614 g/mol. The molecule has 41 heavy (non-hydrogen) atoms. The number of pyridine rings is 2. The van der Waals surface area contributed by atoms with Crippen molar-refractivity contribution in [2.75, 3.05) is 19.3 Å². The molecule has 4 heterocycles. The summed E-state index contributed by atoms with van der Waals surface area (Å²) in [6, 6.07) is 10.2. The van der Waals surface area contributed by atoms with Gasteiger partial charge in [-0.2, -0.15) is 0 Å². The van der Waals surface area contributed by atoms with Gasteiger partial charge in [0.2, 0.25) is 5.91 Å². The number of amides is 2. The van der Waals surface area contributed by atoms with Crippen LogP contribution in [0.3, 0.4) is 0 Å². The lowest BCUT2D eigenvalue weighted by Gasteiger charge is -2.45. The molecule has 0 aliphatic carbocycles. The molecule has 1 aliphatic rings. The summed E-state index contributed by atoms with van der Waals surface area (Å²) in [6.45, 7) is 5.20. The number of thiazole rings is 1. The SMILES string of the molecule is CC1(C)CN(C(=O)Cn2c(=O)c(C(=O)NCc3ccc(Cl)cc3)cc3cc(-c4csc(CS(C)(=O)=O)n4)cnc32)C1. The Bertz CT molecular complexity index is 1820. The highest BCUT2D eigenvalue weighted by Crippen LogP contribution is 2.29. The summed E-state index contributed by atoms with van der Waals surface area (Å²) in [5.41, 5.74) is 1.43. The molecule has 0 atom stereocenters. The highest BCUT2D eigenvalue weighted by molar-refractivity contribution is 7.90. The first-order chi connectivity index (χ1) is 19.3. The number of likely N-dealkylation sites (tertiary alicyclic amines) is 1. The Hall–Kier alpha value is -3.61. The van der Waals surface area contributed by atoms with Crippen molar-refractivity contribution in [1.29, 1.82) is 0 Å². The fourth-order valence-corrected chi connectivity index (χ4v) is 6.87. The summed E-state index contributed by atoms with van der Waals surface area (Å²) in [7, 11) is -3.25. The number of carbonyl (C=O) groups is 2. The molecular weight excluding hydrogens is 586 g/mol. The minimum atomic E-state index is -3.25. The number of fused-ring (bicyclic) bond motifs is 1. The molecule has 0 spiro atoms. The van der Waals surface area contributed by atoms with E-state index in [0.29, 0.717) is 39.8 Å². The molecule has 4 aromatic rings. The van der Waals surface area contributed by atoms with Crippen LogP contribution in [0.2, 0.25) is 5.02 Å². The van der Waals surface area contributed by atoms with E-state index in [2.05, 4.69) is 29.1 Å². The zero-order valence-corrected chi connectivity index (χ0v) is 25.1. The highest BCUT2D eigenvalue weighted by atomic mass is 35.5. The third kappa shape index (κ3) is 6.66. The van der Waals surface area contributed by atoms with E-state index >= 15 is 0 Å². The summed E-state index contributed by atoms with van der Waals surface area (Å²) >= 11 is 7.17. The second-order valence-corrected chi connectivity index (χ2v) is 14.5. The quantitative estimate of drug-likeness (QED) is 0.322. The van der Waals surface area contributed by atoms with Crippen molar-refractivity contribution in [3.05, 3.63) is 79.5 Å². The molecule has 1 N–H and O–H groups in total. The first kappa shape index (κ1) is 28.9. The van der Waals surface area contributed by atoms with Crippen molar-refractivity contribution >= 4 is 55.6 Å². The molecule has 0 radical (unpaired) electrons. The summed E-state index contributed by atoms with van der Waals surface area (Å²) in [5, 5.41) is 5.98. The number of aromatic nitrogens is 3. The standard InChI is InChI=1S/C28H28ClN5O5S2/c1-28(2)15-33(16-28)24(35)12-34-25-18(8-19(11-30-25)22-13-40-23(32-22)14-41(3,38)39)9-21(27(34)37)26(36)31-10-17-4-6-20(29)7-5-17/h4-9,11,13H,10,12,14-16H2,1-3H3,(H,31,36). The third-order valence-electron chi connectivity index (χ3n) is 6.65. The minimum Gasteiger partial charge on any atom is -0.348 e. The molecule has 3 aromatic heterocycles. The van der Waals surface area contributed by atoms with Gasteiger partial charge in [-0.15, -0.1) is 11.3 Å². The maximum atomic E-state index is 13.6. The number of halogens is 1. The van der Waals surface area contributed by atoms with E-state index in [0.717, 1.165) is 11.8 Å². The molecule has 1 fully saturated rings. The van der Waals surface area contributed by atoms with Gasteiger partial charge in [-0.1, -0.05) is 37.6 Å². The summed E-state index contributed by atoms with van der Waals surface area (Å²) < 4.78 is 24.6. The summed E-state index contributed by atoms with van der Waals surface area (Å²) in [4.78, 5) is 50.5. The van der Waals surface area contributed by atoms with Crippen LogP contribution in [-0.4, -0.2) is 59.0 Å². The maximum Gasteiger partial charge on any atom is 0.265 e. The van der Waals surface area contributed by atoms with Gasteiger partial charge in [-0.05, 0) is 35.2 Å². The van der Waals surface area contributed by atoms with E-state index in [1.807, 2.05) is 0 Å². The fraction of sp³-hybridized carbons (Fsp3) is 0.321. The number of sulfone groups is 1. The molecular formula is C28H28ClN5O5S2. The van der Waals surface area contributed by atoms with Crippen molar-refractivity contribution in [1.82, 2.24) is 24.8 Å². The van der Waals surface area contributed by atoms with Crippen LogP contribution in [0.4, 0.5) is 0 Å². The van der Waals surface area contributed by atoms with Crippen LogP contribution in [0.15, 0.2) is 52.8 Å². The Balaban J connectivity index is 1.51. The predicted octanol–water partition coefficient (Wildman–Crippen LogP) is 3.52. The van der Waals surface area contributed by atoms with Crippen molar-refractivity contribution in [2.24, 2.45) is 5.41 Å². The summed E-state index contributed by atoms with van der Waals surface area (Å²) in [6.07, 6.45) is 2.67. The number of hydrogen-bond acceptors (Lipinski definition) is 8. The third-order valence-corrected chi connectivity index (χ3v) is 8.74. The normalized spacial score (nSPS) is 14.6. The fourth-order valence-electron chi connectivity index (χ4n) is 4.73. The monoisotopic (exact) mass is 613 g/mol. The maximum absolute atomic E-state index is 13.6. The zero-order chi connectivity index (χ0) is 29.5. The molecule has 214 valence electrons. The molecule has 0 saturated carbocycles. The molecule has 13 heteroatoms. The van der Waals surface area contributed by atoms with E-state index in [9.17, 15) is 22.8 Å². The first-order valence-electron chi connectivity index (χ1n) is 12.7. The number of nitrogens with one attached hydrogen (secondary N) is 1. The van der Waals surface area contributed by atoms with Crippen LogP contribution in [0.5, 0.6) is 0 Å². The van der Waals surface area contributed by atoms with E-state index in [1.165, 1.54) is 28.2 Å². The number of hydrogen-bond donors (Lipinski definition) is 1. The highest BCUT2D eigenvalue weighted by Gasteiger charge is 2.37. The van der Waals surface area contributed by atoms with Gasteiger partial charge in [0, 0.05) is 53.4 Å². The van der Waals surface area contributed by atoms with Gasteiger partial charge in [-0.3, -0.25) is 19.0 Å². The second kappa shape index (κ2) is 11.0. The lowest BCUT2D eigenvalue weighted by atomic mass is 9.84. The molecule has 5 rings (SSSR count). The first-order valence-corrected chi connectivity index (χ1v) is 16.1. The van der Waals surface area contributed by atoms with Crippen LogP contribution in [0.1, 0.15) is 34.8 Å². The van der Waals surface area contributed by atoms with Gasteiger partial charge in [-0.25, -0.2) is 18.4 Å². The van der Waals surface area contributed by atoms with E-state index < -0.39 is 21.3 Å². The molecule has 0 bridgehead atoms. The minimum absolute atomic E-state index is 0.0166. The van der Waals surface area contributed by atoms with E-state index in [-0.39, 0.29) is 41.4 Å². The van der Waals surface area contributed by atoms with Crippen molar-refractivity contribution in [2.45, 2.75) is 32.7 Å². The molecule has 0 unspecified atom stereocenters. The Morgan fingerprint density at radius 2 is 1.85 bits per heavy atom. The molecule has 2 amide bonds. The lowest BCUT2D eigenvalue weighted by Crippen LogP contribution is -2.56. The largest absolute Gasteiger partial charge is 0.348 e. The average Bonchev–Trinajstić information content (AvgIpc) is 3.34. The smallest absolute Gasteiger partial charge is 0.265 e. The Morgan fingerprint density at radius 3 is 2.51 bits per heavy atom. The van der Waals surface area contributed by atoms with Crippen LogP contribution in [0, 0.1) is 5.41 Å². The number of benzene rings is 1. The summed E-state index contributed by atoms with van der Waals surface area (Å²) in [5.74, 6) is -0.999. The van der Waals surface area contributed by atoms with E-state index in [1.54, 1.807) is 40.6 Å². The second-order valence-electron chi connectivity index (χ2n) is 11.0. The van der Waals surface area contributed by atoms with Crippen molar-refractivity contribution in [3.8, 4) is 11.3 Å². The molecule has 1 aliphatic heterocycles. The van der Waals surface area contributed by atoms with Gasteiger partial charge >= 0.3 is 0 Å². The Kier molecular flexibility index (Phi) is 7.75. The van der Waals surface area contributed by atoms with Gasteiger partial charge < -0.3 is 10.2 Å². The zero-order valence-electron chi connectivity index (χ0n) is 22.7. The molecule has 1 saturated heterocycles. The molecule has 1 aromatic carbocycles. The Labute approximate surface area is 245 Å². The number of nitrogens with zero attached hydrogens (tertiary/aromatic N) is 4. The van der Waals surface area contributed by atoms with Crippen LogP contribution in [0.25, 0.3) is 22.3 Å². The topological polar surface area (TPSA) is 131 Å².